The standard InChI is InChI=1S/C18H17F2N3O2S/c1-17(19,20)18(26(2,24)25)13-23(14-9-5-3-6-10-14)16(22-18)15-11-7-4-8-12-21-15/h3,5-6,8-10,12H,11,13H2,1-2H3. The molecule has 0 saturated heterocycles. The monoisotopic (exact) mass is 377 g/mol. The highest BCUT2D eigenvalue weighted by atomic mass is 32.2. The number of sulfone groups is 1. The third-order valence-corrected chi connectivity index (χ3v) is 6.09. The van der Waals surface area contributed by atoms with Crippen molar-refractivity contribution >= 4 is 27.1 Å². The molecule has 0 bridgehead atoms. The van der Waals surface area contributed by atoms with Gasteiger partial charge in [0, 0.05) is 31.1 Å². The highest BCUT2D eigenvalue weighted by Gasteiger charge is 2.62. The molecule has 0 N–H and O–H groups in total. The van der Waals surface area contributed by atoms with Crippen LogP contribution in [-0.2, 0) is 9.84 Å². The van der Waals surface area contributed by atoms with Crippen molar-refractivity contribution in [2.45, 2.75) is 24.1 Å². The van der Waals surface area contributed by atoms with Crippen LogP contribution in [0.25, 0.3) is 0 Å². The summed E-state index contributed by atoms with van der Waals surface area (Å²) in [5.41, 5.74) is 0.912. The Hall–Kier alpha value is -2.53. The Labute approximate surface area is 151 Å². The first-order valence-electron chi connectivity index (χ1n) is 7.86. The summed E-state index contributed by atoms with van der Waals surface area (Å²) in [6.45, 7) is 0.0864. The number of benzene rings is 1. The maximum absolute atomic E-state index is 14.5. The molecule has 3 rings (SSSR count). The van der Waals surface area contributed by atoms with Crippen molar-refractivity contribution in [3.05, 3.63) is 42.6 Å². The smallest absolute Gasteiger partial charge is 0.286 e. The summed E-state index contributed by atoms with van der Waals surface area (Å²) >= 11 is 0. The number of aliphatic imine (C=N–C) groups is 2. The van der Waals surface area contributed by atoms with Crippen molar-refractivity contribution < 1.29 is 17.2 Å². The minimum absolute atomic E-state index is 0.101. The van der Waals surface area contributed by atoms with E-state index in [1.165, 1.54) is 17.2 Å². The van der Waals surface area contributed by atoms with Crippen molar-refractivity contribution in [1.82, 2.24) is 0 Å². The fraction of sp³-hybridized carbons (Fsp3) is 0.333. The molecule has 2 aliphatic heterocycles. The number of hydrogen-bond donors (Lipinski definition) is 0. The summed E-state index contributed by atoms with van der Waals surface area (Å²) in [5, 5.41) is 0. The normalized spacial score (nSPS) is 23.0. The Balaban J connectivity index is 2.22. The Morgan fingerprint density at radius 3 is 2.58 bits per heavy atom. The van der Waals surface area contributed by atoms with Gasteiger partial charge < -0.3 is 4.90 Å². The summed E-state index contributed by atoms with van der Waals surface area (Å²) in [7, 11) is -4.23. The van der Waals surface area contributed by atoms with Gasteiger partial charge in [0.2, 0.25) is 4.87 Å². The van der Waals surface area contributed by atoms with Crippen LogP contribution in [0.2, 0.25) is 0 Å². The van der Waals surface area contributed by atoms with Gasteiger partial charge in [-0.2, -0.15) is 0 Å². The maximum atomic E-state index is 14.5. The molecular formula is C18H17F2N3O2S. The van der Waals surface area contributed by atoms with Crippen LogP contribution in [0.5, 0.6) is 0 Å². The third-order valence-electron chi connectivity index (χ3n) is 4.29. The molecular weight excluding hydrogens is 360 g/mol. The molecule has 0 aromatic heterocycles. The molecule has 0 fully saturated rings. The summed E-state index contributed by atoms with van der Waals surface area (Å²) < 4.78 is 53.7. The molecule has 1 atom stereocenters. The minimum atomic E-state index is -4.23. The zero-order valence-corrected chi connectivity index (χ0v) is 15.1. The second-order valence-electron chi connectivity index (χ2n) is 6.19. The lowest BCUT2D eigenvalue weighted by Crippen LogP contribution is -2.54. The summed E-state index contributed by atoms with van der Waals surface area (Å²) in [6, 6.07) is 8.69. The van der Waals surface area contributed by atoms with E-state index in [-0.39, 0.29) is 12.3 Å². The van der Waals surface area contributed by atoms with Crippen LogP contribution >= 0.6 is 0 Å². The Kier molecular flexibility index (Phi) is 4.44. The van der Waals surface area contributed by atoms with Crippen molar-refractivity contribution in [3.63, 3.8) is 0 Å². The van der Waals surface area contributed by atoms with Crippen molar-refractivity contribution in [2.75, 3.05) is 17.7 Å². The molecule has 0 radical (unpaired) electrons. The van der Waals surface area contributed by atoms with Crippen molar-refractivity contribution in [2.24, 2.45) is 9.98 Å². The number of halogens is 2. The lowest BCUT2D eigenvalue weighted by Gasteiger charge is -2.31. The largest absolute Gasteiger partial charge is 0.321 e. The Morgan fingerprint density at radius 2 is 1.96 bits per heavy atom. The van der Waals surface area contributed by atoms with Crippen molar-refractivity contribution in [3.8, 4) is 11.8 Å². The first-order chi connectivity index (χ1) is 12.2. The lowest BCUT2D eigenvalue weighted by atomic mass is 10.1. The Morgan fingerprint density at radius 1 is 1.27 bits per heavy atom. The molecule has 1 aromatic carbocycles. The van der Waals surface area contributed by atoms with Crippen LogP contribution in [0.3, 0.4) is 0 Å². The van der Waals surface area contributed by atoms with Gasteiger partial charge in [0.05, 0.1) is 18.7 Å². The SMILES string of the molecule is CC(F)(F)C1(S(C)(=O)=O)CN(c2ccccc2)C(C2=NC=CC#CC2)=N1. The minimum Gasteiger partial charge on any atom is -0.321 e. The van der Waals surface area contributed by atoms with E-state index in [9.17, 15) is 17.2 Å². The molecule has 0 aliphatic carbocycles. The van der Waals surface area contributed by atoms with Gasteiger partial charge >= 0.3 is 0 Å². The third kappa shape index (κ3) is 3.03. The average Bonchev–Trinajstić information content (AvgIpc) is 2.81. The number of alkyl halides is 2. The zero-order chi connectivity index (χ0) is 19.0. The van der Waals surface area contributed by atoms with Gasteiger partial charge in [-0.05, 0) is 12.1 Å². The van der Waals surface area contributed by atoms with Gasteiger partial charge in [-0.1, -0.05) is 30.0 Å². The second kappa shape index (κ2) is 6.32. The quantitative estimate of drug-likeness (QED) is 0.758. The summed E-state index contributed by atoms with van der Waals surface area (Å²) in [5.74, 6) is 2.11. The van der Waals surface area contributed by atoms with Gasteiger partial charge in [-0.3, -0.25) is 4.99 Å². The molecule has 0 saturated carbocycles. The Bertz CT molecular complexity index is 967. The predicted molar refractivity (Wildman–Crippen MR) is 98.4 cm³/mol. The van der Waals surface area contributed by atoms with Crippen LogP contribution in [0.1, 0.15) is 13.3 Å². The number of anilines is 1. The van der Waals surface area contributed by atoms with Gasteiger partial charge in [0.1, 0.15) is 0 Å². The molecule has 0 amide bonds. The van der Waals surface area contributed by atoms with Crippen LogP contribution in [0.15, 0.2) is 52.6 Å². The van der Waals surface area contributed by atoms with E-state index in [0.717, 1.165) is 6.26 Å². The van der Waals surface area contributed by atoms with Crippen LogP contribution in [0.4, 0.5) is 14.5 Å². The molecule has 2 heterocycles. The predicted octanol–water partition coefficient (Wildman–Crippen LogP) is 2.66. The van der Waals surface area contributed by atoms with Crippen LogP contribution in [0, 0.1) is 11.8 Å². The van der Waals surface area contributed by atoms with Gasteiger partial charge in [-0.15, -0.1) is 0 Å². The summed E-state index contributed by atoms with van der Waals surface area (Å²) in [6.07, 6.45) is 3.96. The van der Waals surface area contributed by atoms with E-state index in [0.29, 0.717) is 18.3 Å². The fourth-order valence-electron chi connectivity index (χ4n) is 2.90. The molecule has 8 heteroatoms. The first kappa shape index (κ1) is 18.3. The number of rotatable bonds is 4. The highest BCUT2D eigenvalue weighted by Crippen LogP contribution is 2.42. The number of nitrogens with zero attached hydrogens (tertiary/aromatic N) is 3. The molecule has 136 valence electrons. The fourth-order valence-corrected chi connectivity index (χ4v) is 4.17. The van der Waals surface area contributed by atoms with E-state index >= 15 is 0 Å². The first-order valence-corrected chi connectivity index (χ1v) is 9.75. The summed E-state index contributed by atoms with van der Waals surface area (Å²) in [4.78, 5) is 7.15. The van der Waals surface area contributed by atoms with E-state index < -0.39 is 27.2 Å². The molecule has 1 unspecified atom stereocenters. The molecule has 1 aromatic rings. The van der Waals surface area contributed by atoms with Crippen molar-refractivity contribution in [1.29, 1.82) is 0 Å². The second-order valence-corrected chi connectivity index (χ2v) is 8.41. The van der Waals surface area contributed by atoms with E-state index in [1.54, 1.807) is 30.3 Å². The average molecular weight is 377 g/mol. The zero-order valence-electron chi connectivity index (χ0n) is 14.3. The maximum Gasteiger partial charge on any atom is 0.286 e. The van der Waals surface area contributed by atoms with E-state index in [2.05, 4.69) is 21.8 Å². The molecule has 2 aliphatic rings. The van der Waals surface area contributed by atoms with E-state index in [1.807, 2.05) is 0 Å². The highest BCUT2D eigenvalue weighted by molar-refractivity contribution is 7.92. The molecule has 26 heavy (non-hydrogen) atoms. The number of amidine groups is 1. The molecule has 5 nitrogen and oxygen atoms in total. The number of allylic oxidation sites excluding steroid dienone is 1. The van der Waals surface area contributed by atoms with Gasteiger partial charge in [-0.25, -0.2) is 22.2 Å². The number of para-hydroxylation sites is 1. The lowest BCUT2D eigenvalue weighted by molar-refractivity contribution is -0.0156. The van der Waals surface area contributed by atoms with Gasteiger partial charge in [0.25, 0.3) is 5.92 Å². The van der Waals surface area contributed by atoms with Crippen LogP contribution in [-0.4, -0.2) is 43.6 Å². The topological polar surface area (TPSA) is 62.1 Å². The molecule has 0 spiro atoms. The van der Waals surface area contributed by atoms with Crippen LogP contribution < -0.4 is 4.90 Å². The van der Waals surface area contributed by atoms with E-state index in [4.69, 9.17) is 0 Å². The van der Waals surface area contributed by atoms with Gasteiger partial charge in [0.15, 0.2) is 15.7 Å². The number of hydrogen-bond acceptors (Lipinski definition) is 5.